The van der Waals surface area contributed by atoms with E-state index in [2.05, 4.69) is 15.3 Å². The Balaban J connectivity index is 1.97. The van der Waals surface area contributed by atoms with Gasteiger partial charge in [-0.25, -0.2) is 9.78 Å². The van der Waals surface area contributed by atoms with Crippen LogP contribution in [0, 0.1) is 0 Å². The molecule has 5 heteroatoms. The van der Waals surface area contributed by atoms with Crippen LogP contribution in [0.5, 0.6) is 0 Å². The Morgan fingerprint density at radius 2 is 2.12 bits per heavy atom. The van der Waals surface area contributed by atoms with Gasteiger partial charge in [-0.3, -0.25) is 0 Å². The van der Waals surface area contributed by atoms with Gasteiger partial charge in [-0.2, -0.15) is 0 Å². The molecule has 0 radical (unpaired) electrons. The predicted octanol–water partition coefficient (Wildman–Crippen LogP) is 1.72. The average Bonchev–Trinajstić information content (AvgIpc) is 2.76. The van der Waals surface area contributed by atoms with Crippen molar-refractivity contribution < 1.29 is 9.90 Å². The Morgan fingerprint density at radius 3 is 2.75 bits per heavy atom. The molecule has 0 amide bonds. The smallest absolute Gasteiger partial charge is 0.354 e. The number of carbonyl (C=O) groups is 1. The highest BCUT2D eigenvalue weighted by Crippen LogP contribution is 2.05. The lowest BCUT2D eigenvalue weighted by Gasteiger charge is -2.02. The molecule has 0 fully saturated rings. The van der Waals surface area contributed by atoms with Crippen LogP contribution in [0.25, 0.3) is 0 Å². The lowest BCUT2D eigenvalue weighted by molar-refractivity contribution is 0.0691. The number of aromatic carboxylic acids is 1. The summed E-state index contributed by atoms with van der Waals surface area (Å²) in [6.07, 6.45) is 1.29. The molecule has 0 unspecified atom stereocenters. The summed E-state index contributed by atoms with van der Waals surface area (Å²) in [6, 6.07) is 9.80. The summed E-state index contributed by atoms with van der Waals surface area (Å²) in [4.78, 5) is 17.2. The quantitative estimate of drug-likeness (QED) is 0.728. The van der Waals surface area contributed by atoms with Crippen LogP contribution in [0.2, 0.25) is 0 Å². The summed E-state index contributed by atoms with van der Waals surface area (Å²) in [5, 5.41) is 11.7. The zero-order chi connectivity index (χ0) is 11.4. The van der Waals surface area contributed by atoms with Gasteiger partial charge < -0.3 is 15.4 Å². The van der Waals surface area contributed by atoms with E-state index in [1.54, 1.807) is 0 Å². The molecular weight excluding hydrogens is 206 g/mol. The normalized spacial score (nSPS) is 10.0. The van der Waals surface area contributed by atoms with Gasteiger partial charge in [0, 0.05) is 6.54 Å². The highest BCUT2D eigenvalue weighted by Gasteiger charge is 2.06. The second-order valence-electron chi connectivity index (χ2n) is 3.29. The Bertz CT molecular complexity index is 479. The molecule has 2 rings (SSSR count). The number of nitrogens with zero attached hydrogens (tertiary/aromatic N) is 1. The monoisotopic (exact) mass is 217 g/mol. The number of hydrogen-bond acceptors (Lipinski definition) is 3. The van der Waals surface area contributed by atoms with E-state index in [0.717, 1.165) is 5.56 Å². The fraction of sp³-hybridized carbons (Fsp3) is 0.0909. The Hall–Kier alpha value is -2.30. The minimum atomic E-state index is -1.01. The highest BCUT2D eigenvalue weighted by molar-refractivity contribution is 5.85. The van der Waals surface area contributed by atoms with Crippen molar-refractivity contribution in [1.82, 2.24) is 9.97 Å². The van der Waals surface area contributed by atoms with E-state index >= 15 is 0 Å². The molecule has 0 aliphatic carbocycles. The maximum atomic E-state index is 10.6. The van der Waals surface area contributed by atoms with Crippen molar-refractivity contribution >= 4 is 11.9 Å². The molecule has 3 N–H and O–H groups in total. The van der Waals surface area contributed by atoms with Crippen molar-refractivity contribution in [2.45, 2.75) is 6.54 Å². The van der Waals surface area contributed by atoms with Crippen molar-refractivity contribution in [2.75, 3.05) is 5.32 Å². The molecule has 82 valence electrons. The van der Waals surface area contributed by atoms with E-state index < -0.39 is 5.97 Å². The van der Waals surface area contributed by atoms with Crippen molar-refractivity contribution in [3.8, 4) is 0 Å². The molecule has 0 bridgehead atoms. The van der Waals surface area contributed by atoms with Crippen molar-refractivity contribution in [3.05, 3.63) is 47.8 Å². The first-order valence-corrected chi connectivity index (χ1v) is 4.82. The standard InChI is InChI=1S/C11H11N3O2/c15-10(16)9-7-13-11(14-9)12-6-8-4-2-1-3-5-8/h1-5,7H,6H2,(H,15,16)(H2,12,13,14). The molecule has 16 heavy (non-hydrogen) atoms. The second kappa shape index (κ2) is 4.48. The zero-order valence-corrected chi connectivity index (χ0v) is 8.47. The molecular formula is C11H11N3O2. The fourth-order valence-electron chi connectivity index (χ4n) is 1.30. The van der Waals surface area contributed by atoms with Crippen LogP contribution < -0.4 is 5.32 Å². The molecule has 0 saturated carbocycles. The summed E-state index contributed by atoms with van der Waals surface area (Å²) in [5.74, 6) is -0.554. The fourth-order valence-corrected chi connectivity index (χ4v) is 1.30. The van der Waals surface area contributed by atoms with E-state index in [9.17, 15) is 4.79 Å². The summed E-state index contributed by atoms with van der Waals surface area (Å²) >= 11 is 0. The number of carboxylic acids is 1. The molecule has 2 aromatic rings. The number of anilines is 1. The number of benzene rings is 1. The van der Waals surface area contributed by atoms with Gasteiger partial charge in [-0.05, 0) is 5.56 Å². The summed E-state index contributed by atoms with van der Waals surface area (Å²) in [7, 11) is 0. The average molecular weight is 217 g/mol. The number of aromatic nitrogens is 2. The topological polar surface area (TPSA) is 78.0 Å². The van der Waals surface area contributed by atoms with E-state index in [1.165, 1.54) is 6.20 Å². The first-order chi connectivity index (χ1) is 7.75. The van der Waals surface area contributed by atoms with Crippen molar-refractivity contribution in [2.24, 2.45) is 0 Å². The number of H-pyrrole nitrogens is 1. The van der Waals surface area contributed by atoms with Crippen molar-refractivity contribution in [1.29, 1.82) is 0 Å². The van der Waals surface area contributed by atoms with Crippen LogP contribution in [0.3, 0.4) is 0 Å². The van der Waals surface area contributed by atoms with Gasteiger partial charge in [0.2, 0.25) is 5.95 Å². The van der Waals surface area contributed by atoms with Gasteiger partial charge in [-0.1, -0.05) is 30.3 Å². The van der Waals surface area contributed by atoms with E-state index in [4.69, 9.17) is 5.11 Å². The van der Waals surface area contributed by atoms with Crippen LogP contribution in [-0.2, 0) is 6.54 Å². The largest absolute Gasteiger partial charge is 0.477 e. The van der Waals surface area contributed by atoms with Crippen LogP contribution in [0.4, 0.5) is 5.95 Å². The lowest BCUT2D eigenvalue weighted by Crippen LogP contribution is -2.01. The lowest BCUT2D eigenvalue weighted by atomic mass is 10.2. The third-order valence-corrected chi connectivity index (χ3v) is 2.11. The van der Waals surface area contributed by atoms with E-state index in [0.29, 0.717) is 12.5 Å². The summed E-state index contributed by atoms with van der Waals surface area (Å²) < 4.78 is 0. The predicted molar refractivity (Wildman–Crippen MR) is 59.3 cm³/mol. The first kappa shape index (κ1) is 10.2. The molecule has 1 aromatic heterocycles. The van der Waals surface area contributed by atoms with Gasteiger partial charge in [0.25, 0.3) is 0 Å². The first-order valence-electron chi connectivity index (χ1n) is 4.82. The summed E-state index contributed by atoms with van der Waals surface area (Å²) in [5.41, 5.74) is 1.19. The molecule has 1 aromatic carbocycles. The molecule has 0 aliphatic rings. The highest BCUT2D eigenvalue weighted by atomic mass is 16.4. The van der Waals surface area contributed by atoms with Gasteiger partial charge in [-0.15, -0.1) is 0 Å². The number of aromatic amines is 1. The van der Waals surface area contributed by atoms with Gasteiger partial charge in [0.1, 0.15) is 5.69 Å². The van der Waals surface area contributed by atoms with Gasteiger partial charge in [0.15, 0.2) is 0 Å². The minimum absolute atomic E-state index is 0.0792. The van der Waals surface area contributed by atoms with E-state index in [-0.39, 0.29) is 5.69 Å². The molecule has 0 saturated heterocycles. The molecule has 0 aliphatic heterocycles. The van der Waals surface area contributed by atoms with Gasteiger partial charge >= 0.3 is 5.97 Å². The van der Waals surface area contributed by atoms with Crippen LogP contribution >= 0.6 is 0 Å². The molecule has 0 atom stereocenters. The number of imidazole rings is 1. The van der Waals surface area contributed by atoms with Crippen LogP contribution in [0.15, 0.2) is 36.5 Å². The third-order valence-electron chi connectivity index (χ3n) is 2.11. The number of nitrogens with one attached hydrogen (secondary N) is 2. The Kier molecular flexibility index (Phi) is 2.86. The second-order valence-corrected chi connectivity index (χ2v) is 3.29. The summed E-state index contributed by atoms with van der Waals surface area (Å²) in [6.45, 7) is 0.605. The SMILES string of the molecule is O=C(O)c1cnc(NCc2ccccc2)[nH]1. The number of rotatable bonds is 4. The van der Waals surface area contributed by atoms with Gasteiger partial charge in [0.05, 0.1) is 6.20 Å². The molecule has 0 spiro atoms. The maximum Gasteiger partial charge on any atom is 0.354 e. The van der Waals surface area contributed by atoms with Crippen molar-refractivity contribution in [3.63, 3.8) is 0 Å². The number of hydrogen-bond donors (Lipinski definition) is 3. The van der Waals surface area contributed by atoms with Crippen LogP contribution in [0.1, 0.15) is 16.1 Å². The molecule has 1 heterocycles. The van der Waals surface area contributed by atoms with Crippen LogP contribution in [-0.4, -0.2) is 21.0 Å². The number of carboxylic acid groups (broad SMARTS) is 1. The third kappa shape index (κ3) is 2.38. The zero-order valence-electron chi connectivity index (χ0n) is 8.47. The maximum absolute atomic E-state index is 10.6. The Morgan fingerprint density at radius 1 is 1.38 bits per heavy atom. The van der Waals surface area contributed by atoms with E-state index in [1.807, 2.05) is 30.3 Å². The Labute approximate surface area is 92.2 Å². The minimum Gasteiger partial charge on any atom is -0.477 e. The molecule has 5 nitrogen and oxygen atoms in total.